The molecule has 3 aromatic rings. The normalized spacial score (nSPS) is 10.6. The van der Waals surface area contributed by atoms with Gasteiger partial charge in [-0.05, 0) is 49.2 Å². The zero-order valence-electron chi connectivity index (χ0n) is 16.3. The van der Waals surface area contributed by atoms with Gasteiger partial charge in [0.1, 0.15) is 16.9 Å². The van der Waals surface area contributed by atoms with Crippen LogP contribution in [0.4, 0.5) is 0 Å². The molecule has 0 fully saturated rings. The van der Waals surface area contributed by atoms with Gasteiger partial charge in [0.05, 0.1) is 6.61 Å². The SMILES string of the molecule is Cc1cc(OCC(=O)OCCCNC(=O)c2cc3ccccc3oc2=O)ccc1Br. The van der Waals surface area contributed by atoms with Crippen molar-refractivity contribution in [3.05, 3.63) is 74.6 Å². The zero-order chi connectivity index (χ0) is 21.5. The van der Waals surface area contributed by atoms with E-state index in [9.17, 15) is 14.4 Å². The molecule has 8 heteroatoms. The van der Waals surface area contributed by atoms with Gasteiger partial charge in [0.25, 0.3) is 5.91 Å². The second-order valence-electron chi connectivity index (χ2n) is 6.51. The number of hydrogen-bond acceptors (Lipinski definition) is 6. The molecule has 0 bridgehead atoms. The summed E-state index contributed by atoms with van der Waals surface area (Å²) in [5.74, 6) is -0.457. The van der Waals surface area contributed by atoms with Gasteiger partial charge in [-0.15, -0.1) is 0 Å². The fraction of sp³-hybridized carbons (Fsp3) is 0.227. The number of ether oxygens (including phenoxy) is 2. The van der Waals surface area contributed by atoms with E-state index in [1.54, 1.807) is 30.3 Å². The minimum absolute atomic E-state index is 0.0658. The average Bonchev–Trinajstić information content (AvgIpc) is 2.73. The highest BCUT2D eigenvalue weighted by molar-refractivity contribution is 9.10. The van der Waals surface area contributed by atoms with E-state index in [1.165, 1.54) is 6.07 Å². The lowest BCUT2D eigenvalue weighted by atomic mass is 10.2. The lowest BCUT2D eigenvalue weighted by Gasteiger charge is -2.09. The summed E-state index contributed by atoms with van der Waals surface area (Å²) in [6.45, 7) is 2.08. The molecule has 0 aliphatic rings. The Morgan fingerprint density at radius 1 is 1.13 bits per heavy atom. The molecular formula is C22H20BrNO6. The van der Waals surface area contributed by atoms with Gasteiger partial charge in [-0.25, -0.2) is 9.59 Å². The van der Waals surface area contributed by atoms with Crippen LogP contribution < -0.4 is 15.7 Å². The van der Waals surface area contributed by atoms with Crippen LogP contribution in [0.3, 0.4) is 0 Å². The first-order valence-corrected chi connectivity index (χ1v) is 10.1. The van der Waals surface area contributed by atoms with E-state index >= 15 is 0 Å². The van der Waals surface area contributed by atoms with E-state index in [2.05, 4.69) is 21.2 Å². The number of carbonyl (C=O) groups is 2. The Morgan fingerprint density at radius 3 is 2.73 bits per heavy atom. The minimum Gasteiger partial charge on any atom is -0.482 e. The van der Waals surface area contributed by atoms with E-state index in [-0.39, 0.29) is 25.3 Å². The molecule has 1 amide bonds. The maximum absolute atomic E-state index is 12.2. The molecular weight excluding hydrogens is 454 g/mol. The quantitative estimate of drug-likeness (QED) is 0.305. The highest BCUT2D eigenvalue weighted by Gasteiger charge is 2.13. The second-order valence-corrected chi connectivity index (χ2v) is 7.37. The summed E-state index contributed by atoms with van der Waals surface area (Å²) in [6, 6.07) is 13.9. The lowest BCUT2D eigenvalue weighted by molar-refractivity contribution is -0.146. The number of amides is 1. The van der Waals surface area contributed by atoms with Gasteiger partial charge in [-0.2, -0.15) is 0 Å². The van der Waals surface area contributed by atoms with Crippen LogP contribution in [0.25, 0.3) is 11.0 Å². The fourth-order valence-electron chi connectivity index (χ4n) is 2.67. The molecule has 0 atom stereocenters. The number of fused-ring (bicyclic) bond motifs is 1. The molecule has 1 aromatic heterocycles. The molecule has 1 N–H and O–H groups in total. The van der Waals surface area contributed by atoms with Gasteiger partial charge in [-0.1, -0.05) is 34.1 Å². The smallest absolute Gasteiger partial charge is 0.349 e. The third kappa shape index (κ3) is 5.70. The summed E-state index contributed by atoms with van der Waals surface area (Å²) in [6.07, 6.45) is 0.397. The topological polar surface area (TPSA) is 94.8 Å². The summed E-state index contributed by atoms with van der Waals surface area (Å²) in [4.78, 5) is 35.9. The van der Waals surface area contributed by atoms with Gasteiger partial charge in [0.2, 0.25) is 0 Å². The van der Waals surface area contributed by atoms with Gasteiger partial charge in [0, 0.05) is 16.4 Å². The van der Waals surface area contributed by atoms with E-state index in [4.69, 9.17) is 13.9 Å². The Kier molecular flexibility index (Phi) is 7.24. The Morgan fingerprint density at radius 2 is 1.93 bits per heavy atom. The zero-order valence-corrected chi connectivity index (χ0v) is 17.9. The van der Waals surface area contributed by atoms with Gasteiger partial charge in [0.15, 0.2) is 6.61 Å². The molecule has 2 aromatic carbocycles. The third-order valence-corrected chi connectivity index (χ3v) is 5.13. The Labute approximate surface area is 181 Å². The molecule has 0 radical (unpaired) electrons. The first kappa shape index (κ1) is 21.6. The van der Waals surface area contributed by atoms with Crippen LogP contribution in [0, 0.1) is 6.92 Å². The predicted molar refractivity (Wildman–Crippen MR) is 115 cm³/mol. The Balaban J connectivity index is 1.39. The summed E-state index contributed by atoms with van der Waals surface area (Å²) in [5.41, 5.74) is 0.658. The molecule has 0 aliphatic heterocycles. The summed E-state index contributed by atoms with van der Waals surface area (Å²) >= 11 is 3.40. The molecule has 156 valence electrons. The molecule has 0 saturated carbocycles. The molecule has 7 nitrogen and oxygen atoms in total. The van der Waals surface area contributed by atoms with E-state index in [1.807, 2.05) is 19.1 Å². The maximum Gasteiger partial charge on any atom is 0.349 e. The number of para-hydroxylation sites is 1. The van der Waals surface area contributed by atoms with Gasteiger partial charge < -0.3 is 19.2 Å². The average molecular weight is 474 g/mol. The monoisotopic (exact) mass is 473 g/mol. The lowest BCUT2D eigenvalue weighted by Crippen LogP contribution is -2.29. The summed E-state index contributed by atoms with van der Waals surface area (Å²) < 4.78 is 16.6. The van der Waals surface area contributed by atoms with E-state index in [0.29, 0.717) is 23.1 Å². The largest absolute Gasteiger partial charge is 0.482 e. The van der Waals surface area contributed by atoms with Crippen LogP contribution in [0.5, 0.6) is 5.75 Å². The fourth-order valence-corrected chi connectivity index (χ4v) is 2.91. The van der Waals surface area contributed by atoms with Gasteiger partial charge >= 0.3 is 11.6 Å². The van der Waals surface area contributed by atoms with E-state index < -0.39 is 17.5 Å². The number of aryl methyl sites for hydroxylation is 1. The van der Waals surface area contributed by atoms with Crippen LogP contribution in [0.1, 0.15) is 22.3 Å². The van der Waals surface area contributed by atoms with Crippen molar-refractivity contribution in [2.45, 2.75) is 13.3 Å². The Hall–Kier alpha value is -3.13. The van der Waals surface area contributed by atoms with Crippen LogP contribution in [0.15, 0.2) is 62.2 Å². The highest BCUT2D eigenvalue weighted by atomic mass is 79.9. The van der Waals surface area contributed by atoms with Crippen molar-refractivity contribution in [3.63, 3.8) is 0 Å². The number of hydrogen-bond donors (Lipinski definition) is 1. The standard InChI is InChI=1S/C22H20BrNO6/c1-14-11-16(7-8-18(14)23)29-13-20(25)28-10-4-9-24-21(26)17-12-15-5-2-3-6-19(15)30-22(17)27/h2-3,5-8,11-12H,4,9-10,13H2,1H3,(H,24,26). The molecule has 0 saturated heterocycles. The summed E-state index contributed by atoms with van der Waals surface area (Å²) in [7, 11) is 0. The molecule has 0 spiro atoms. The molecule has 30 heavy (non-hydrogen) atoms. The number of nitrogens with one attached hydrogen (secondary N) is 1. The number of rotatable bonds is 8. The van der Waals surface area contributed by atoms with Crippen LogP contribution in [0.2, 0.25) is 0 Å². The summed E-state index contributed by atoms with van der Waals surface area (Å²) in [5, 5.41) is 3.29. The van der Waals surface area contributed by atoms with Crippen LogP contribution in [-0.4, -0.2) is 31.6 Å². The van der Waals surface area contributed by atoms with Crippen molar-refractivity contribution in [1.29, 1.82) is 0 Å². The number of halogens is 1. The number of esters is 1. The maximum atomic E-state index is 12.2. The number of carbonyl (C=O) groups excluding carboxylic acids is 2. The predicted octanol–water partition coefficient (Wildman–Crippen LogP) is 3.61. The van der Waals surface area contributed by atoms with Crippen molar-refractivity contribution in [2.24, 2.45) is 0 Å². The highest BCUT2D eigenvalue weighted by Crippen LogP contribution is 2.21. The van der Waals surface area contributed by atoms with Crippen molar-refractivity contribution < 1.29 is 23.5 Å². The molecule has 0 unspecified atom stereocenters. The second kappa shape index (κ2) is 10.1. The van der Waals surface area contributed by atoms with Crippen LogP contribution >= 0.6 is 15.9 Å². The molecule has 0 aliphatic carbocycles. The third-order valence-electron chi connectivity index (χ3n) is 4.24. The minimum atomic E-state index is -0.696. The van der Waals surface area contributed by atoms with Crippen LogP contribution in [-0.2, 0) is 9.53 Å². The first-order valence-electron chi connectivity index (χ1n) is 9.30. The molecule has 3 rings (SSSR count). The first-order chi connectivity index (χ1) is 14.4. The van der Waals surface area contributed by atoms with Crippen molar-refractivity contribution >= 4 is 38.8 Å². The van der Waals surface area contributed by atoms with Gasteiger partial charge in [-0.3, -0.25) is 4.79 Å². The van der Waals surface area contributed by atoms with Crippen molar-refractivity contribution in [3.8, 4) is 5.75 Å². The molecule has 1 heterocycles. The van der Waals surface area contributed by atoms with Crippen molar-refractivity contribution in [2.75, 3.05) is 19.8 Å². The number of benzene rings is 2. The van der Waals surface area contributed by atoms with E-state index in [0.717, 1.165) is 10.0 Å². The Bertz CT molecular complexity index is 1120. The van der Waals surface area contributed by atoms with Crippen molar-refractivity contribution in [1.82, 2.24) is 5.32 Å².